The topological polar surface area (TPSA) is 124 Å². The Morgan fingerprint density at radius 1 is 1.07 bits per heavy atom. The number of aromatic nitrogens is 7. The van der Waals surface area contributed by atoms with E-state index in [9.17, 15) is 41.0 Å². The van der Waals surface area contributed by atoms with E-state index in [0.717, 1.165) is 14.3 Å². The Bertz CT molecular complexity index is 1680. The van der Waals surface area contributed by atoms with E-state index in [4.69, 9.17) is 11.6 Å². The van der Waals surface area contributed by atoms with Crippen LogP contribution in [0.4, 0.5) is 26.3 Å². The second kappa shape index (κ2) is 11.4. The zero-order valence-corrected chi connectivity index (χ0v) is 22.6. The van der Waals surface area contributed by atoms with Crippen molar-refractivity contribution in [2.75, 3.05) is 13.1 Å². The van der Waals surface area contributed by atoms with E-state index >= 15 is 0 Å². The Balaban J connectivity index is 1.43. The van der Waals surface area contributed by atoms with Gasteiger partial charge in [-0.3, -0.25) is 9.36 Å². The van der Waals surface area contributed by atoms with Crippen LogP contribution in [-0.4, -0.2) is 81.6 Å². The van der Waals surface area contributed by atoms with Crippen molar-refractivity contribution in [1.82, 2.24) is 39.0 Å². The highest BCUT2D eigenvalue weighted by atomic mass is 35.5. The lowest BCUT2D eigenvalue weighted by molar-refractivity contribution is -0.207. The minimum atomic E-state index is -5.00. The number of rotatable bonds is 7. The standard InChI is InChI=1S/C25H21ClF6N8O3/c26-16-5-3-14(4-6-16)21-36-39(23(43)38(21)11-18(41)25(30,31)32)12-19-34-13-40(35-19)17-2-1-8-33-20(17)22(42)37-9-7-15(10-37)24(27,28)29/h1-6,8,13,15,18,41H,7,9-12H2. The van der Waals surface area contributed by atoms with Crippen LogP contribution in [0.25, 0.3) is 17.1 Å². The molecule has 1 aliphatic heterocycles. The molecule has 1 N–H and O–H groups in total. The van der Waals surface area contributed by atoms with Crippen LogP contribution < -0.4 is 5.69 Å². The van der Waals surface area contributed by atoms with Crippen molar-refractivity contribution in [2.24, 2.45) is 5.92 Å². The lowest BCUT2D eigenvalue weighted by Crippen LogP contribution is -2.37. The van der Waals surface area contributed by atoms with Crippen molar-refractivity contribution in [3.05, 3.63) is 75.9 Å². The van der Waals surface area contributed by atoms with Crippen molar-refractivity contribution in [3.63, 3.8) is 0 Å². The van der Waals surface area contributed by atoms with Gasteiger partial charge >= 0.3 is 18.0 Å². The van der Waals surface area contributed by atoms with Crippen molar-refractivity contribution >= 4 is 17.5 Å². The fraction of sp³-hybridized carbons (Fsp3) is 0.360. The zero-order valence-electron chi connectivity index (χ0n) is 21.8. The maximum atomic E-state index is 13.1. The summed E-state index contributed by atoms with van der Waals surface area (Å²) in [5.41, 5.74) is -0.805. The van der Waals surface area contributed by atoms with Crippen LogP contribution in [0.15, 0.2) is 53.7 Å². The molecule has 4 heterocycles. The minimum Gasteiger partial charge on any atom is -0.382 e. The molecule has 4 aromatic rings. The van der Waals surface area contributed by atoms with Crippen LogP contribution in [0.5, 0.6) is 0 Å². The number of hydrogen-bond donors (Lipinski definition) is 1. The van der Waals surface area contributed by atoms with Gasteiger partial charge in [-0.05, 0) is 42.8 Å². The molecule has 1 aliphatic rings. The molecule has 1 amide bonds. The van der Waals surface area contributed by atoms with Crippen LogP contribution in [0.2, 0.25) is 5.02 Å². The Labute approximate surface area is 243 Å². The van der Waals surface area contributed by atoms with E-state index in [2.05, 4.69) is 20.2 Å². The predicted molar refractivity (Wildman–Crippen MR) is 137 cm³/mol. The highest BCUT2D eigenvalue weighted by Gasteiger charge is 2.45. The van der Waals surface area contributed by atoms with Gasteiger partial charge in [-0.25, -0.2) is 24.1 Å². The minimum absolute atomic E-state index is 0.0358. The van der Waals surface area contributed by atoms with E-state index in [1.165, 1.54) is 48.9 Å². The van der Waals surface area contributed by atoms with Gasteiger partial charge in [-0.2, -0.15) is 26.3 Å². The molecule has 0 bridgehead atoms. The maximum Gasteiger partial charge on any atom is 0.416 e. The summed E-state index contributed by atoms with van der Waals surface area (Å²) in [5.74, 6) is -2.58. The van der Waals surface area contributed by atoms with E-state index in [0.29, 0.717) is 9.59 Å². The Hall–Kier alpha value is -4.25. The fourth-order valence-electron chi connectivity index (χ4n) is 4.53. The van der Waals surface area contributed by atoms with Gasteiger partial charge < -0.3 is 10.0 Å². The molecule has 228 valence electrons. The Morgan fingerprint density at radius 2 is 1.79 bits per heavy atom. The van der Waals surface area contributed by atoms with Crippen LogP contribution in [0, 0.1) is 5.92 Å². The van der Waals surface area contributed by atoms with Crippen molar-refractivity contribution in [3.8, 4) is 17.1 Å². The Kier molecular flexibility index (Phi) is 8.04. The molecule has 2 unspecified atom stereocenters. The van der Waals surface area contributed by atoms with Crippen LogP contribution in [-0.2, 0) is 13.1 Å². The van der Waals surface area contributed by atoms with Gasteiger partial charge in [0, 0.05) is 29.9 Å². The molecule has 0 radical (unpaired) electrons. The van der Waals surface area contributed by atoms with Crippen molar-refractivity contribution in [2.45, 2.75) is 38.0 Å². The summed E-state index contributed by atoms with van der Waals surface area (Å²) in [6, 6.07) is 8.71. The maximum absolute atomic E-state index is 13.1. The number of pyridine rings is 1. The van der Waals surface area contributed by atoms with Crippen LogP contribution in [0.1, 0.15) is 22.7 Å². The Morgan fingerprint density at radius 3 is 2.44 bits per heavy atom. The molecule has 0 saturated carbocycles. The van der Waals surface area contributed by atoms with Gasteiger partial charge in [0.2, 0.25) is 0 Å². The highest BCUT2D eigenvalue weighted by Crippen LogP contribution is 2.34. The first-order valence-corrected chi connectivity index (χ1v) is 13.0. The summed E-state index contributed by atoms with van der Waals surface area (Å²) in [7, 11) is 0. The number of amides is 1. The molecule has 1 aromatic carbocycles. The normalized spacial score (nSPS) is 16.6. The zero-order chi connectivity index (χ0) is 31.1. The average molecular weight is 631 g/mol. The summed E-state index contributed by atoms with van der Waals surface area (Å²) in [5, 5.41) is 18.3. The average Bonchev–Trinajstić information content (AvgIpc) is 3.69. The lowest BCUT2D eigenvalue weighted by Gasteiger charge is -2.18. The van der Waals surface area contributed by atoms with Crippen LogP contribution >= 0.6 is 11.6 Å². The molecule has 1 fully saturated rings. The number of aliphatic hydroxyl groups excluding tert-OH is 1. The van der Waals surface area contributed by atoms with E-state index < -0.39 is 55.6 Å². The number of hydrogen-bond acceptors (Lipinski definition) is 7. The van der Waals surface area contributed by atoms with Gasteiger partial charge in [-0.1, -0.05) is 11.6 Å². The van der Waals surface area contributed by atoms with Crippen LogP contribution in [0.3, 0.4) is 0 Å². The molecule has 3 aromatic heterocycles. The third-order valence-electron chi connectivity index (χ3n) is 6.76. The number of aliphatic hydroxyl groups is 1. The quantitative estimate of drug-likeness (QED) is 0.311. The highest BCUT2D eigenvalue weighted by molar-refractivity contribution is 6.30. The molecule has 0 spiro atoms. The monoisotopic (exact) mass is 630 g/mol. The number of alkyl halides is 6. The molecule has 5 rings (SSSR count). The third-order valence-corrected chi connectivity index (χ3v) is 7.02. The molecule has 11 nitrogen and oxygen atoms in total. The first-order valence-electron chi connectivity index (χ1n) is 12.6. The number of nitrogens with zero attached hydrogens (tertiary/aromatic N) is 8. The molecular weight excluding hydrogens is 610 g/mol. The third kappa shape index (κ3) is 6.41. The van der Waals surface area contributed by atoms with Gasteiger partial charge in [-0.15, -0.1) is 10.2 Å². The van der Waals surface area contributed by atoms with Crippen molar-refractivity contribution in [1.29, 1.82) is 0 Å². The molecule has 18 heteroatoms. The molecule has 2 atom stereocenters. The van der Waals surface area contributed by atoms with Crippen molar-refractivity contribution < 1.29 is 36.2 Å². The van der Waals surface area contributed by atoms with Gasteiger partial charge in [0.1, 0.15) is 12.9 Å². The first-order chi connectivity index (χ1) is 20.2. The molecule has 43 heavy (non-hydrogen) atoms. The number of likely N-dealkylation sites (tertiary alicyclic amines) is 1. The second-order valence-electron chi connectivity index (χ2n) is 9.69. The summed E-state index contributed by atoms with van der Waals surface area (Å²) >= 11 is 5.90. The molecule has 1 saturated heterocycles. The van der Waals surface area contributed by atoms with Gasteiger partial charge in [0.05, 0.1) is 18.2 Å². The first kappa shape index (κ1) is 30.2. The largest absolute Gasteiger partial charge is 0.416 e. The summed E-state index contributed by atoms with van der Waals surface area (Å²) < 4.78 is 81.4. The SMILES string of the molecule is O=C(c1ncccc1-n1cnc(Cn2nc(-c3ccc(Cl)cc3)n(CC(O)C(F)(F)F)c2=O)n1)N1CCC(C(F)(F)F)C1. The summed E-state index contributed by atoms with van der Waals surface area (Å²) in [6.45, 7) is -2.16. The molecule has 0 aliphatic carbocycles. The fourth-order valence-corrected chi connectivity index (χ4v) is 4.65. The van der Waals surface area contributed by atoms with E-state index in [1.54, 1.807) is 0 Å². The summed E-state index contributed by atoms with van der Waals surface area (Å²) in [6.07, 6.45) is -10.0. The summed E-state index contributed by atoms with van der Waals surface area (Å²) in [4.78, 5) is 35.4. The predicted octanol–water partition coefficient (Wildman–Crippen LogP) is 3.34. The van der Waals surface area contributed by atoms with E-state index in [-0.39, 0.29) is 41.6 Å². The molecular formula is C25H21ClF6N8O3. The number of benzene rings is 1. The second-order valence-corrected chi connectivity index (χ2v) is 10.1. The number of carbonyl (C=O) groups is 1. The number of carbonyl (C=O) groups excluding carboxylic acids is 1. The lowest BCUT2D eigenvalue weighted by atomic mass is 10.1. The smallest absolute Gasteiger partial charge is 0.382 e. The van der Waals surface area contributed by atoms with E-state index in [1.807, 2.05) is 0 Å². The number of halogens is 7. The van der Waals surface area contributed by atoms with Gasteiger partial charge in [0.25, 0.3) is 5.91 Å². The van der Waals surface area contributed by atoms with Gasteiger partial charge in [0.15, 0.2) is 23.4 Å².